The molecule has 2 aliphatic heterocycles. The molecular formula is C14H19N3O. The van der Waals surface area contributed by atoms with Crippen LogP contribution < -0.4 is 10.2 Å². The number of anilines is 2. The molecular weight excluding hydrogens is 226 g/mol. The van der Waals surface area contributed by atoms with Gasteiger partial charge in [0.15, 0.2) is 5.82 Å². The molecule has 4 nitrogen and oxygen atoms in total. The first-order valence-electron chi connectivity index (χ1n) is 6.73. The van der Waals surface area contributed by atoms with Gasteiger partial charge < -0.3 is 10.2 Å². The number of pyridine rings is 1. The van der Waals surface area contributed by atoms with Gasteiger partial charge in [-0.1, -0.05) is 13.3 Å². The van der Waals surface area contributed by atoms with Gasteiger partial charge in [-0.2, -0.15) is 0 Å². The molecule has 2 unspecified atom stereocenters. The van der Waals surface area contributed by atoms with Crippen LogP contribution in [0.15, 0.2) is 12.3 Å². The van der Waals surface area contributed by atoms with Crippen molar-refractivity contribution in [3.8, 4) is 0 Å². The molecule has 3 heterocycles. The monoisotopic (exact) mass is 245 g/mol. The van der Waals surface area contributed by atoms with Gasteiger partial charge >= 0.3 is 0 Å². The predicted octanol–water partition coefficient (Wildman–Crippen LogP) is 2.34. The Bertz CT molecular complexity index is 486. The fraction of sp³-hybridized carbons (Fsp3) is 0.571. The summed E-state index contributed by atoms with van der Waals surface area (Å²) in [7, 11) is 0. The molecule has 3 rings (SSSR count). The smallest absolute Gasteiger partial charge is 0.247 e. The Morgan fingerprint density at radius 2 is 2.39 bits per heavy atom. The van der Waals surface area contributed by atoms with Crippen molar-refractivity contribution in [3.05, 3.63) is 17.8 Å². The summed E-state index contributed by atoms with van der Waals surface area (Å²) >= 11 is 0. The van der Waals surface area contributed by atoms with Gasteiger partial charge in [0.25, 0.3) is 0 Å². The summed E-state index contributed by atoms with van der Waals surface area (Å²) in [5.41, 5.74) is 1.95. The maximum Gasteiger partial charge on any atom is 0.247 e. The molecule has 0 saturated carbocycles. The van der Waals surface area contributed by atoms with E-state index in [1.54, 1.807) is 0 Å². The summed E-state index contributed by atoms with van der Waals surface area (Å²) in [4.78, 5) is 18.9. The van der Waals surface area contributed by atoms with Gasteiger partial charge in [0.2, 0.25) is 5.91 Å². The van der Waals surface area contributed by atoms with Crippen LogP contribution in [0.25, 0.3) is 0 Å². The van der Waals surface area contributed by atoms with Crippen LogP contribution >= 0.6 is 0 Å². The average molecular weight is 245 g/mol. The maximum atomic E-state index is 12.2. The number of carbonyl (C=O) groups is 1. The molecule has 1 amide bonds. The van der Waals surface area contributed by atoms with E-state index in [0.717, 1.165) is 42.9 Å². The first-order valence-corrected chi connectivity index (χ1v) is 6.73. The van der Waals surface area contributed by atoms with Gasteiger partial charge in [-0.15, -0.1) is 0 Å². The molecule has 0 spiro atoms. The zero-order chi connectivity index (χ0) is 12.7. The van der Waals surface area contributed by atoms with Gasteiger partial charge in [-0.3, -0.25) is 4.79 Å². The van der Waals surface area contributed by atoms with Crippen LogP contribution in [-0.4, -0.2) is 23.5 Å². The standard InChI is InChI=1S/C14H19N3O/c1-3-10-4-5-17-12(7-10)14(18)16-11-6-9(2)8-15-13(11)17/h6,8,10,12H,3-5,7H2,1-2H3,(H,16,18). The SMILES string of the molecule is CCC1CCN2c3ncc(C)cc3NC(=O)C2C1. The highest BCUT2D eigenvalue weighted by molar-refractivity contribution is 6.02. The van der Waals surface area contributed by atoms with Crippen LogP contribution in [0.4, 0.5) is 11.5 Å². The molecule has 0 bridgehead atoms. The van der Waals surface area contributed by atoms with E-state index >= 15 is 0 Å². The summed E-state index contributed by atoms with van der Waals surface area (Å²) in [6.45, 7) is 5.14. The van der Waals surface area contributed by atoms with Crippen molar-refractivity contribution in [1.82, 2.24) is 4.98 Å². The van der Waals surface area contributed by atoms with Gasteiger partial charge in [0.05, 0.1) is 5.69 Å². The van der Waals surface area contributed by atoms with E-state index in [2.05, 4.69) is 22.1 Å². The van der Waals surface area contributed by atoms with E-state index in [4.69, 9.17) is 0 Å². The van der Waals surface area contributed by atoms with Crippen LogP contribution in [0.2, 0.25) is 0 Å². The number of piperidine rings is 1. The molecule has 2 atom stereocenters. The number of carbonyl (C=O) groups excluding carboxylic acids is 1. The molecule has 1 aromatic heterocycles. The fourth-order valence-electron chi connectivity index (χ4n) is 3.01. The van der Waals surface area contributed by atoms with Crippen molar-refractivity contribution >= 4 is 17.4 Å². The molecule has 0 aliphatic carbocycles. The lowest BCUT2D eigenvalue weighted by Gasteiger charge is -2.42. The first kappa shape index (κ1) is 11.5. The number of rotatable bonds is 1. The average Bonchev–Trinajstić information content (AvgIpc) is 2.38. The number of nitrogens with zero attached hydrogens (tertiary/aromatic N) is 2. The summed E-state index contributed by atoms with van der Waals surface area (Å²) in [6, 6.07) is 1.98. The van der Waals surface area contributed by atoms with E-state index in [9.17, 15) is 4.79 Å². The Morgan fingerprint density at radius 3 is 3.17 bits per heavy atom. The molecule has 2 aliphatic rings. The minimum absolute atomic E-state index is 0.0218. The van der Waals surface area contributed by atoms with E-state index in [1.807, 2.05) is 19.2 Å². The molecule has 0 radical (unpaired) electrons. The second-order valence-electron chi connectivity index (χ2n) is 5.38. The third-order valence-electron chi connectivity index (χ3n) is 4.12. The minimum atomic E-state index is -0.0218. The number of hydrogen-bond acceptors (Lipinski definition) is 3. The molecule has 4 heteroatoms. The van der Waals surface area contributed by atoms with E-state index in [1.165, 1.54) is 0 Å². The quantitative estimate of drug-likeness (QED) is 0.826. The number of aryl methyl sites for hydroxylation is 1. The molecule has 96 valence electrons. The Kier molecular flexibility index (Phi) is 2.73. The number of amides is 1. The molecule has 1 N–H and O–H groups in total. The molecule has 1 saturated heterocycles. The van der Waals surface area contributed by atoms with Crippen molar-refractivity contribution in [2.24, 2.45) is 5.92 Å². The second-order valence-corrected chi connectivity index (χ2v) is 5.38. The number of nitrogens with one attached hydrogen (secondary N) is 1. The third-order valence-corrected chi connectivity index (χ3v) is 4.12. The Labute approximate surface area is 107 Å². The summed E-state index contributed by atoms with van der Waals surface area (Å²) < 4.78 is 0. The van der Waals surface area contributed by atoms with Gasteiger partial charge in [0.1, 0.15) is 6.04 Å². The number of aromatic nitrogens is 1. The van der Waals surface area contributed by atoms with Crippen molar-refractivity contribution in [1.29, 1.82) is 0 Å². The van der Waals surface area contributed by atoms with E-state index in [0.29, 0.717) is 5.92 Å². The molecule has 18 heavy (non-hydrogen) atoms. The highest BCUT2D eigenvalue weighted by Gasteiger charge is 2.38. The number of fused-ring (bicyclic) bond motifs is 3. The van der Waals surface area contributed by atoms with Crippen LogP contribution in [-0.2, 0) is 4.79 Å². The van der Waals surface area contributed by atoms with Crippen LogP contribution in [0.1, 0.15) is 31.7 Å². The second kappa shape index (κ2) is 4.26. The normalized spacial score (nSPS) is 26.3. The summed E-state index contributed by atoms with van der Waals surface area (Å²) in [5, 5.41) is 3.00. The Hall–Kier alpha value is -1.58. The highest BCUT2D eigenvalue weighted by atomic mass is 16.2. The number of hydrogen-bond donors (Lipinski definition) is 1. The largest absolute Gasteiger partial charge is 0.343 e. The molecule has 1 fully saturated rings. The lowest BCUT2D eigenvalue weighted by Crippen LogP contribution is -2.52. The van der Waals surface area contributed by atoms with Crippen molar-refractivity contribution in [3.63, 3.8) is 0 Å². The summed E-state index contributed by atoms with van der Waals surface area (Å²) in [6.07, 6.45) is 5.15. The van der Waals surface area contributed by atoms with Crippen LogP contribution in [0.3, 0.4) is 0 Å². The lowest BCUT2D eigenvalue weighted by atomic mass is 9.87. The zero-order valence-corrected chi connectivity index (χ0v) is 10.9. The Morgan fingerprint density at radius 1 is 1.56 bits per heavy atom. The lowest BCUT2D eigenvalue weighted by molar-refractivity contribution is -0.118. The van der Waals surface area contributed by atoms with E-state index in [-0.39, 0.29) is 11.9 Å². The van der Waals surface area contributed by atoms with E-state index < -0.39 is 0 Å². The van der Waals surface area contributed by atoms with Gasteiger partial charge in [-0.25, -0.2) is 4.98 Å². The fourth-order valence-corrected chi connectivity index (χ4v) is 3.01. The zero-order valence-electron chi connectivity index (χ0n) is 10.9. The molecule has 0 aromatic carbocycles. The third kappa shape index (κ3) is 1.76. The molecule has 1 aromatic rings. The topological polar surface area (TPSA) is 45.2 Å². The van der Waals surface area contributed by atoms with Gasteiger partial charge in [0, 0.05) is 12.7 Å². The first-order chi connectivity index (χ1) is 8.69. The van der Waals surface area contributed by atoms with Crippen LogP contribution in [0.5, 0.6) is 0 Å². The van der Waals surface area contributed by atoms with Crippen LogP contribution in [0, 0.1) is 12.8 Å². The maximum absolute atomic E-state index is 12.2. The van der Waals surface area contributed by atoms with Gasteiger partial charge in [-0.05, 0) is 37.3 Å². The summed E-state index contributed by atoms with van der Waals surface area (Å²) in [5.74, 6) is 1.75. The van der Waals surface area contributed by atoms with Crippen molar-refractivity contribution in [2.45, 2.75) is 39.2 Å². The van der Waals surface area contributed by atoms with Crippen molar-refractivity contribution < 1.29 is 4.79 Å². The Balaban J connectivity index is 1.95. The highest BCUT2D eigenvalue weighted by Crippen LogP contribution is 2.36. The predicted molar refractivity (Wildman–Crippen MR) is 71.8 cm³/mol. The minimum Gasteiger partial charge on any atom is -0.343 e. The van der Waals surface area contributed by atoms with Crippen molar-refractivity contribution in [2.75, 3.05) is 16.8 Å².